The van der Waals surface area contributed by atoms with Crippen molar-refractivity contribution in [2.24, 2.45) is 11.3 Å². The van der Waals surface area contributed by atoms with Gasteiger partial charge >= 0.3 is 0 Å². The minimum absolute atomic E-state index is 0.206. The number of nitrogens with one attached hydrogen (secondary N) is 1. The Hall–Kier alpha value is -1.59. The molecule has 0 aliphatic heterocycles. The molecular formula is C19H23ClN2O2S. The lowest BCUT2D eigenvalue weighted by molar-refractivity contribution is 0.102. The number of carbonyl (C=O) groups is 1. The Morgan fingerprint density at radius 3 is 2.80 bits per heavy atom. The van der Waals surface area contributed by atoms with Crippen molar-refractivity contribution in [3.05, 3.63) is 39.4 Å². The SMILES string of the molecule is COc1ccc(C(=O)Nc2nc3c(s2)CC[C@H](C(C)(C)C)C3)cc1Cl. The van der Waals surface area contributed by atoms with Crippen LogP contribution in [0.15, 0.2) is 18.2 Å². The summed E-state index contributed by atoms with van der Waals surface area (Å²) in [4.78, 5) is 18.4. The van der Waals surface area contributed by atoms with Crippen LogP contribution in [0.5, 0.6) is 5.75 Å². The van der Waals surface area contributed by atoms with Crippen LogP contribution < -0.4 is 10.1 Å². The number of methoxy groups -OCH3 is 1. The molecule has 1 aliphatic carbocycles. The Balaban J connectivity index is 1.73. The van der Waals surface area contributed by atoms with Gasteiger partial charge in [0.2, 0.25) is 0 Å². The van der Waals surface area contributed by atoms with Gasteiger partial charge < -0.3 is 4.74 Å². The first kappa shape index (κ1) is 18.2. The Morgan fingerprint density at radius 2 is 2.16 bits per heavy atom. The minimum atomic E-state index is -0.206. The van der Waals surface area contributed by atoms with Gasteiger partial charge in [0.05, 0.1) is 17.8 Å². The lowest BCUT2D eigenvalue weighted by Gasteiger charge is -2.33. The molecule has 1 amide bonds. The smallest absolute Gasteiger partial charge is 0.257 e. The summed E-state index contributed by atoms with van der Waals surface area (Å²) in [7, 11) is 1.55. The normalized spacial score (nSPS) is 17.1. The van der Waals surface area contributed by atoms with Crippen LogP contribution in [0.4, 0.5) is 5.13 Å². The topological polar surface area (TPSA) is 51.2 Å². The summed E-state index contributed by atoms with van der Waals surface area (Å²) in [5.74, 6) is 0.977. The van der Waals surface area contributed by atoms with Crippen molar-refractivity contribution >= 4 is 34.0 Å². The zero-order valence-electron chi connectivity index (χ0n) is 15.0. The number of aromatic nitrogens is 1. The van der Waals surface area contributed by atoms with E-state index in [4.69, 9.17) is 16.3 Å². The second-order valence-electron chi connectivity index (χ2n) is 7.50. The number of halogens is 1. The predicted octanol–water partition coefficient (Wildman–Crippen LogP) is 5.21. The third kappa shape index (κ3) is 3.98. The van der Waals surface area contributed by atoms with Crippen molar-refractivity contribution in [2.45, 2.75) is 40.0 Å². The number of carbonyl (C=O) groups excluding carboxylic acids is 1. The van der Waals surface area contributed by atoms with Gasteiger partial charge in [-0.1, -0.05) is 32.4 Å². The molecule has 0 spiro atoms. The van der Waals surface area contributed by atoms with Crippen LogP contribution in [0.2, 0.25) is 5.02 Å². The van der Waals surface area contributed by atoms with Gasteiger partial charge in [0.1, 0.15) is 5.75 Å². The van der Waals surface area contributed by atoms with Crippen LogP contribution in [0, 0.1) is 11.3 Å². The largest absolute Gasteiger partial charge is 0.495 e. The molecule has 25 heavy (non-hydrogen) atoms. The molecule has 1 aromatic carbocycles. The number of hydrogen-bond donors (Lipinski definition) is 1. The minimum Gasteiger partial charge on any atom is -0.495 e. The fraction of sp³-hybridized carbons (Fsp3) is 0.474. The number of anilines is 1. The molecule has 134 valence electrons. The van der Waals surface area contributed by atoms with E-state index in [1.54, 1.807) is 36.6 Å². The quantitative estimate of drug-likeness (QED) is 0.797. The number of thiazole rings is 1. The van der Waals surface area contributed by atoms with Crippen molar-refractivity contribution in [3.63, 3.8) is 0 Å². The van der Waals surface area contributed by atoms with E-state index in [0.29, 0.717) is 27.4 Å². The first-order valence-electron chi connectivity index (χ1n) is 8.41. The third-order valence-corrected chi connectivity index (χ3v) is 6.17. The number of amides is 1. The molecule has 1 atom stereocenters. The highest BCUT2D eigenvalue weighted by Gasteiger charge is 2.30. The van der Waals surface area contributed by atoms with Gasteiger partial charge in [-0.25, -0.2) is 4.98 Å². The van der Waals surface area contributed by atoms with E-state index in [0.717, 1.165) is 18.5 Å². The predicted molar refractivity (Wildman–Crippen MR) is 103 cm³/mol. The van der Waals surface area contributed by atoms with E-state index in [9.17, 15) is 4.79 Å². The van der Waals surface area contributed by atoms with Crippen molar-refractivity contribution < 1.29 is 9.53 Å². The molecule has 1 aliphatic rings. The Kier molecular flexibility index (Phi) is 5.07. The van der Waals surface area contributed by atoms with Crippen LogP contribution in [0.25, 0.3) is 0 Å². The molecule has 1 aromatic heterocycles. The zero-order valence-corrected chi connectivity index (χ0v) is 16.6. The van der Waals surface area contributed by atoms with Gasteiger partial charge in [0.25, 0.3) is 5.91 Å². The summed E-state index contributed by atoms with van der Waals surface area (Å²) in [6.07, 6.45) is 3.21. The average Bonchev–Trinajstić information content (AvgIpc) is 2.95. The van der Waals surface area contributed by atoms with Crippen molar-refractivity contribution in [3.8, 4) is 5.75 Å². The van der Waals surface area contributed by atoms with Crippen LogP contribution >= 0.6 is 22.9 Å². The maximum atomic E-state index is 12.5. The molecule has 2 aromatic rings. The maximum Gasteiger partial charge on any atom is 0.257 e. The third-order valence-electron chi connectivity index (χ3n) is 4.80. The monoisotopic (exact) mass is 378 g/mol. The molecule has 6 heteroatoms. The van der Waals surface area contributed by atoms with Crippen LogP contribution in [0.1, 0.15) is 48.1 Å². The molecule has 0 saturated carbocycles. The van der Waals surface area contributed by atoms with Gasteiger partial charge in [0, 0.05) is 10.4 Å². The highest BCUT2D eigenvalue weighted by molar-refractivity contribution is 7.15. The highest BCUT2D eigenvalue weighted by Crippen LogP contribution is 2.39. The lowest BCUT2D eigenvalue weighted by Crippen LogP contribution is -2.26. The standard InChI is InChI=1S/C19H23ClN2O2S/c1-19(2,3)12-6-8-16-14(10-12)21-18(25-16)22-17(23)11-5-7-15(24-4)13(20)9-11/h5,7,9,12H,6,8,10H2,1-4H3,(H,21,22,23)/t12-/m0/s1. The number of hydrogen-bond acceptors (Lipinski definition) is 4. The maximum absolute atomic E-state index is 12.5. The molecule has 0 fully saturated rings. The van der Waals surface area contributed by atoms with Gasteiger partial charge in [-0.05, 0) is 48.8 Å². The van der Waals surface area contributed by atoms with Gasteiger partial charge in [0.15, 0.2) is 5.13 Å². The summed E-state index contributed by atoms with van der Waals surface area (Å²) in [5, 5.41) is 3.98. The van der Waals surface area contributed by atoms with Crippen molar-refractivity contribution in [1.82, 2.24) is 4.98 Å². The number of nitrogens with zero attached hydrogens (tertiary/aromatic N) is 1. The van der Waals surface area contributed by atoms with Gasteiger partial charge in [-0.2, -0.15) is 0 Å². The molecule has 0 unspecified atom stereocenters. The Labute approximate surface area is 157 Å². The first-order chi connectivity index (χ1) is 11.8. The molecule has 3 rings (SSSR count). The molecule has 0 saturated heterocycles. The molecule has 4 nitrogen and oxygen atoms in total. The number of benzene rings is 1. The summed E-state index contributed by atoms with van der Waals surface area (Å²) in [6.45, 7) is 6.85. The van der Waals surface area contributed by atoms with E-state index >= 15 is 0 Å². The van der Waals surface area contributed by atoms with E-state index in [1.165, 1.54) is 11.3 Å². The van der Waals surface area contributed by atoms with Crippen molar-refractivity contribution in [1.29, 1.82) is 0 Å². The second kappa shape index (κ2) is 6.96. The Bertz CT molecular complexity index is 795. The molecule has 1 N–H and O–H groups in total. The summed E-state index contributed by atoms with van der Waals surface area (Å²) in [5.41, 5.74) is 1.91. The van der Waals surface area contributed by atoms with Crippen LogP contribution in [-0.2, 0) is 12.8 Å². The summed E-state index contributed by atoms with van der Waals surface area (Å²) in [6, 6.07) is 5.00. The number of rotatable bonds is 3. The molecule has 0 bridgehead atoms. The summed E-state index contributed by atoms with van der Waals surface area (Å²) >= 11 is 7.68. The molecule has 0 radical (unpaired) electrons. The van der Waals surface area contributed by atoms with Crippen molar-refractivity contribution in [2.75, 3.05) is 12.4 Å². The number of aryl methyl sites for hydroxylation is 1. The lowest BCUT2D eigenvalue weighted by atomic mass is 9.73. The highest BCUT2D eigenvalue weighted by atomic mass is 35.5. The van der Waals surface area contributed by atoms with E-state index in [1.807, 2.05) is 0 Å². The number of fused-ring (bicyclic) bond motifs is 1. The van der Waals surface area contributed by atoms with Gasteiger partial charge in [-0.3, -0.25) is 10.1 Å². The van der Waals surface area contributed by atoms with E-state index < -0.39 is 0 Å². The van der Waals surface area contributed by atoms with Crippen LogP contribution in [-0.4, -0.2) is 18.0 Å². The Morgan fingerprint density at radius 1 is 1.40 bits per heavy atom. The first-order valence-corrected chi connectivity index (χ1v) is 9.61. The fourth-order valence-corrected chi connectivity index (χ4v) is 4.41. The van der Waals surface area contributed by atoms with E-state index in [-0.39, 0.29) is 11.3 Å². The van der Waals surface area contributed by atoms with Crippen LogP contribution in [0.3, 0.4) is 0 Å². The van der Waals surface area contributed by atoms with E-state index in [2.05, 4.69) is 31.1 Å². The number of ether oxygens (including phenoxy) is 1. The summed E-state index contributed by atoms with van der Waals surface area (Å²) < 4.78 is 5.12. The zero-order chi connectivity index (χ0) is 18.2. The molecular weight excluding hydrogens is 356 g/mol. The average molecular weight is 379 g/mol. The molecule has 1 heterocycles. The second-order valence-corrected chi connectivity index (χ2v) is 8.99. The van der Waals surface area contributed by atoms with Gasteiger partial charge in [-0.15, -0.1) is 11.3 Å². The fourth-order valence-electron chi connectivity index (χ4n) is 3.15.